The molecule has 1 aliphatic rings. The average Bonchev–Trinajstić information content (AvgIpc) is 2.91. The summed E-state index contributed by atoms with van der Waals surface area (Å²) in [7, 11) is 0. The third-order valence-corrected chi connectivity index (χ3v) is 4.45. The summed E-state index contributed by atoms with van der Waals surface area (Å²) in [5.41, 5.74) is 0.533. The van der Waals surface area contributed by atoms with Crippen LogP contribution in [0.1, 0.15) is 31.3 Å². The van der Waals surface area contributed by atoms with Crippen LogP contribution in [-0.2, 0) is 4.79 Å². The van der Waals surface area contributed by atoms with Crippen molar-refractivity contribution in [3.63, 3.8) is 0 Å². The predicted octanol–water partition coefficient (Wildman–Crippen LogP) is 3.46. The highest BCUT2D eigenvalue weighted by Crippen LogP contribution is 2.34. The molecule has 2 N–H and O–H groups in total. The largest absolute Gasteiger partial charge is 0.329 e. The molecule has 140 valence electrons. The second-order valence-electron chi connectivity index (χ2n) is 7.26. The summed E-state index contributed by atoms with van der Waals surface area (Å²) in [6.45, 7) is 5.62. The van der Waals surface area contributed by atoms with Crippen LogP contribution in [0.25, 0.3) is 0 Å². The van der Waals surface area contributed by atoms with Gasteiger partial charge in [-0.3, -0.25) is 14.6 Å². The van der Waals surface area contributed by atoms with Crippen LogP contribution in [0.5, 0.6) is 0 Å². The second kappa shape index (κ2) is 7.00. The van der Waals surface area contributed by atoms with Gasteiger partial charge in [0.15, 0.2) is 0 Å². The summed E-state index contributed by atoms with van der Waals surface area (Å²) < 4.78 is 0. The van der Waals surface area contributed by atoms with Crippen molar-refractivity contribution in [2.75, 3.05) is 10.2 Å². The van der Waals surface area contributed by atoms with Gasteiger partial charge >= 0.3 is 6.03 Å². The van der Waals surface area contributed by atoms with Crippen molar-refractivity contribution in [3.8, 4) is 0 Å². The molecule has 0 radical (unpaired) electrons. The zero-order chi connectivity index (χ0) is 19.8. The Kier molecular flexibility index (Phi) is 4.89. The molecule has 27 heavy (non-hydrogen) atoms. The molecule has 7 nitrogen and oxygen atoms in total. The Morgan fingerprint density at radius 2 is 1.96 bits per heavy atom. The van der Waals surface area contributed by atoms with Crippen molar-refractivity contribution in [2.45, 2.75) is 26.8 Å². The fourth-order valence-corrected chi connectivity index (χ4v) is 3.02. The molecule has 2 aromatic rings. The number of pyridine rings is 1. The Morgan fingerprint density at radius 3 is 2.52 bits per heavy atom. The zero-order valence-corrected chi connectivity index (χ0v) is 15.9. The number of anilines is 2. The smallest absolute Gasteiger partial charge is 0.325 e. The van der Waals surface area contributed by atoms with Gasteiger partial charge in [-0.15, -0.1) is 0 Å². The highest BCUT2D eigenvalue weighted by Gasteiger charge is 2.45. The fourth-order valence-electron chi connectivity index (χ4n) is 2.75. The lowest BCUT2D eigenvalue weighted by molar-refractivity contribution is -0.120. The lowest BCUT2D eigenvalue weighted by Crippen LogP contribution is -2.41. The third-order valence-electron chi connectivity index (χ3n) is 4.15. The molecule has 1 aromatic carbocycles. The number of halogens is 1. The summed E-state index contributed by atoms with van der Waals surface area (Å²) in [5, 5.41) is 5.54. The fraction of sp³-hybridized carbons (Fsp3) is 0.263. The van der Waals surface area contributed by atoms with E-state index in [2.05, 4.69) is 15.6 Å². The van der Waals surface area contributed by atoms with Crippen LogP contribution in [0.2, 0.25) is 5.02 Å². The minimum atomic E-state index is -0.635. The number of benzene rings is 1. The minimum absolute atomic E-state index is 0.173. The first kappa shape index (κ1) is 18.8. The van der Waals surface area contributed by atoms with E-state index in [1.807, 2.05) is 20.8 Å². The lowest BCUT2D eigenvalue weighted by atomic mass is 9.87. The van der Waals surface area contributed by atoms with Crippen LogP contribution < -0.4 is 15.5 Å². The van der Waals surface area contributed by atoms with Gasteiger partial charge in [-0.2, -0.15) is 0 Å². The van der Waals surface area contributed by atoms with Crippen LogP contribution in [0, 0.1) is 5.41 Å². The first-order valence-electron chi connectivity index (χ1n) is 8.35. The molecule has 0 spiro atoms. The van der Waals surface area contributed by atoms with Crippen LogP contribution >= 0.6 is 11.6 Å². The monoisotopic (exact) mass is 386 g/mol. The van der Waals surface area contributed by atoms with E-state index in [9.17, 15) is 14.4 Å². The Bertz CT molecular complexity index is 909. The number of nitrogens with zero attached hydrogens (tertiary/aromatic N) is 2. The predicted molar refractivity (Wildman–Crippen MR) is 103 cm³/mol. The van der Waals surface area contributed by atoms with Gasteiger partial charge in [0, 0.05) is 11.9 Å². The zero-order valence-electron chi connectivity index (χ0n) is 15.1. The molecule has 1 aromatic heterocycles. The van der Waals surface area contributed by atoms with E-state index in [0.717, 1.165) is 4.90 Å². The van der Waals surface area contributed by atoms with Gasteiger partial charge in [-0.05, 0) is 35.7 Å². The van der Waals surface area contributed by atoms with Crippen molar-refractivity contribution < 1.29 is 14.4 Å². The number of amides is 4. The topological polar surface area (TPSA) is 91.4 Å². The molecule has 1 atom stereocenters. The van der Waals surface area contributed by atoms with Gasteiger partial charge in [0.05, 0.1) is 10.7 Å². The second-order valence-corrected chi connectivity index (χ2v) is 7.66. The van der Waals surface area contributed by atoms with Gasteiger partial charge in [-0.25, -0.2) is 9.69 Å². The third kappa shape index (κ3) is 3.78. The normalized spacial score (nSPS) is 17.0. The summed E-state index contributed by atoms with van der Waals surface area (Å²) >= 11 is 6.29. The van der Waals surface area contributed by atoms with Crippen molar-refractivity contribution in [1.29, 1.82) is 0 Å². The van der Waals surface area contributed by atoms with Gasteiger partial charge in [-0.1, -0.05) is 38.4 Å². The molecule has 3 rings (SSSR count). The molecule has 0 saturated carbocycles. The van der Waals surface area contributed by atoms with Gasteiger partial charge in [0.1, 0.15) is 11.7 Å². The number of aromatic nitrogens is 1. The summed E-state index contributed by atoms with van der Waals surface area (Å²) in [6.07, 6.45) is 1.52. The Balaban J connectivity index is 1.82. The number of nitrogens with one attached hydrogen (secondary N) is 2. The molecule has 1 aliphatic heterocycles. The molecule has 1 saturated heterocycles. The van der Waals surface area contributed by atoms with Crippen LogP contribution in [0.3, 0.4) is 0 Å². The highest BCUT2D eigenvalue weighted by molar-refractivity contribution is 6.36. The molecule has 1 fully saturated rings. The van der Waals surface area contributed by atoms with Crippen molar-refractivity contribution in [1.82, 2.24) is 10.3 Å². The molecule has 0 bridgehead atoms. The molecule has 4 amide bonds. The van der Waals surface area contributed by atoms with Crippen molar-refractivity contribution >= 4 is 40.8 Å². The summed E-state index contributed by atoms with van der Waals surface area (Å²) in [6, 6.07) is 8.45. The lowest BCUT2D eigenvalue weighted by Gasteiger charge is -2.24. The molecule has 8 heteroatoms. The molecular weight excluding hydrogens is 368 g/mol. The quantitative estimate of drug-likeness (QED) is 0.790. The number of imide groups is 1. The van der Waals surface area contributed by atoms with Crippen LogP contribution in [-0.4, -0.2) is 28.9 Å². The van der Waals surface area contributed by atoms with E-state index in [1.54, 1.807) is 24.3 Å². The van der Waals surface area contributed by atoms with E-state index < -0.39 is 17.5 Å². The maximum atomic E-state index is 12.7. The van der Waals surface area contributed by atoms with Crippen molar-refractivity contribution in [2.24, 2.45) is 5.41 Å². The number of urea groups is 1. The SMILES string of the molecule is CC(C)(C)C1NC(=O)N(c2ccc(NC(=O)c3ccccn3)cc2Cl)C1=O. The van der Waals surface area contributed by atoms with Crippen LogP contribution in [0.15, 0.2) is 42.6 Å². The first-order valence-corrected chi connectivity index (χ1v) is 8.72. The standard InChI is InChI=1S/C19H19ClN4O3/c1-19(2,3)15-17(26)24(18(27)23-15)14-8-7-11(10-12(14)20)22-16(25)13-6-4-5-9-21-13/h4-10,15H,1-3H3,(H,22,25)(H,23,27). The molecule has 1 unspecified atom stereocenters. The average molecular weight is 387 g/mol. The Labute approximate surface area is 161 Å². The molecule has 0 aliphatic carbocycles. The van der Waals surface area contributed by atoms with E-state index in [4.69, 9.17) is 11.6 Å². The molecule has 2 heterocycles. The van der Waals surface area contributed by atoms with E-state index >= 15 is 0 Å². The van der Waals surface area contributed by atoms with Gasteiger partial charge in [0.2, 0.25) is 0 Å². The number of rotatable bonds is 3. The van der Waals surface area contributed by atoms with E-state index in [1.165, 1.54) is 18.3 Å². The summed E-state index contributed by atoms with van der Waals surface area (Å²) in [5.74, 6) is -0.748. The number of hydrogen-bond donors (Lipinski definition) is 2. The van der Waals surface area contributed by atoms with Gasteiger partial charge in [0.25, 0.3) is 11.8 Å². The number of hydrogen-bond acceptors (Lipinski definition) is 4. The number of carbonyl (C=O) groups excluding carboxylic acids is 3. The Morgan fingerprint density at radius 1 is 1.22 bits per heavy atom. The van der Waals surface area contributed by atoms with E-state index in [0.29, 0.717) is 5.69 Å². The van der Waals surface area contributed by atoms with E-state index in [-0.39, 0.29) is 28.2 Å². The minimum Gasteiger partial charge on any atom is -0.325 e. The maximum Gasteiger partial charge on any atom is 0.329 e. The number of carbonyl (C=O) groups is 3. The maximum absolute atomic E-state index is 12.7. The summed E-state index contributed by atoms with van der Waals surface area (Å²) in [4.78, 5) is 42.2. The van der Waals surface area contributed by atoms with Crippen LogP contribution in [0.4, 0.5) is 16.2 Å². The van der Waals surface area contributed by atoms with Crippen molar-refractivity contribution in [3.05, 3.63) is 53.3 Å². The Hall–Kier alpha value is -2.93. The highest BCUT2D eigenvalue weighted by atomic mass is 35.5. The van der Waals surface area contributed by atoms with Gasteiger partial charge < -0.3 is 10.6 Å². The first-order chi connectivity index (χ1) is 12.7. The molecular formula is C19H19ClN4O3.